The van der Waals surface area contributed by atoms with E-state index in [1.54, 1.807) is 30.3 Å². The number of nitrogens with one attached hydrogen (secondary N) is 1. The van der Waals surface area contributed by atoms with Gasteiger partial charge in [0.2, 0.25) is 10.0 Å². The number of hydrogen-bond donors (Lipinski definition) is 3. The molecule has 3 N–H and O–H groups in total. The first-order chi connectivity index (χ1) is 18.6. The Balaban J connectivity index is 1.63. The van der Waals surface area contributed by atoms with Crippen molar-refractivity contribution in [1.82, 2.24) is 5.32 Å². The zero-order chi connectivity index (χ0) is 27.9. The fourth-order valence-corrected chi connectivity index (χ4v) is 5.78. The maximum atomic E-state index is 13.6. The molecule has 1 saturated carbocycles. The summed E-state index contributed by atoms with van der Waals surface area (Å²) in [6, 6.07) is 15.8. The molecule has 39 heavy (non-hydrogen) atoms. The summed E-state index contributed by atoms with van der Waals surface area (Å²) in [5.74, 6) is -0.372. The number of furan rings is 1. The molecule has 1 amide bonds. The molecule has 0 aliphatic heterocycles. The fraction of sp³-hybridized carbons (Fsp3) is 0.250. The van der Waals surface area contributed by atoms with Crippen molar-refractivity contribution < 1.29 is 32.1 Å². The van der Waals surface area contributed by atoms with Gasteiger partial charge in [-0.3, -0.25) is 9.10 Å². The Hall–Kier alpha value is -3.67. The van der Waals surface area contributed by atoms with Crippen molar-refractivity contribution in [3.8, 4) is 11.3 Å². The van der Waals surface area contributed by atoms with Gasteiger partial charge in [0.1, 0.15) is 17.2 Å². The average Bonchev–Trinajstić information content (AvgIpc) is 3.68. The predicted octanol–water partition coefficient (Wildman–Crippen LogP) is 3.16. The van der Waals surface area contributed by atoms with Crippen molar-refractivity contribution in [2.24, 2.45) is 0 Å². The number of halogens is 1. The van der Waals surface area contributed by atoms with E-state index < -0.39 is 23.0 Å². The van der Waals surface area contributed by atoms with Gasteiger partial charge in [-0.1, -0.05) is 24.3 Å². The summed E-state index contributed by atoms with van der Waals surface area (Å²) in [5, 5.41) is 22.2. The fourth-order valence-electron chi connectivity index (χ4n) is 4.85. The lowest BCUT2D eigenvalue weighted by Gasteiger charge is -2.25. The molecule has 5 rings (SSSR count). The summed E-state index contributed by atoms with van der Waals surface area (Å²) >= 11 is 0. The van der Waals surface area contributed by atoms with E-state index in [-0.39, 0.29) is 24.1 Å². The Morgan fingerprint density at radius 1 is 1.13 bits per heavy atom. The first-order valence-electron chi connectivity index (χ1n) is 12.6. The molecule has 1 fully saturated rings. The number of nitrogens with zero attached hydrogens (tertiary/aromatic N) is 1. The van der Waals surface area contributed by atoms with Crippen molar-refractivity contribution >= 4 is 45.2 Å². The molecule has 1 heterocycles. The molecule has 1 aliphatic rings. The summed E-state index contributed by atoms with van der Waals surface area (Å²) < 4.78 is 47.2. The summed E-state index contributed by atoms with van der Waals surface area (Å²) in [6.07, 6.45) is 3.26. The third kappa shape index (κ3) is 5.56. The first kappa shape index (κ1) is 26.9. The van der Waals surface area contributed by atoms with Crippen molar-refractivity contribution in [2.45, 2.75) is 25.2 Å². The number of benzene rings is 3. The topological polar surface area (TPSA) is 120 Å². The Morgan fingerprint density at radius 2 is 1.85 bits per heavy atom. The molecule has 0 saturated heterocycles. The van der Waals surface area contributed by atoms with Crippen molar-refractivity contribution in [1.29, 1.82) is 0 Å². The number of carbonyl (C=O) groups excluding carboxylic acids is 1. The first-order valence-corrected chi connectivity index (χ1v) is 14.4. The van der Waals surface area contributed by atoms with Crippen LogP contribution in [0.5, 0.6) is 0 Å². The Labute approximate surface area is 226 Å². The van der Waals surface area contributed by atoms with Crippen LogP contribution in [-0.2, 0) is 16.4 Å². The van der Waals surface area contributed by atoms with Crippen molar-refractivity contribution in [2.75, 3.05) is 24.2 Å². The van der Waals surface area contributed by atoms with Gasteiger partial charge in [0.15, 0.2) is 0 Å². The van der Waals surface area contributed by atoms with Gasteiger partial charge in [-0.15, -0.1) is 0 Å². The molecule has 4 aromatic rings. The van der Waals surface area contributed by atoms with Crippen LogP contribution in [0.4, 0.5) is 10.1 Å². The van der Waals surface area contributed by atoms with Gasteiger partial charge < -0.3 is 19.8 Å². The van der Waals surface area contributed by atoms with E-state index in [1.165, 1.54) is 35.6 Å². The van der Waals surface area contributed by atoms with Gasteiger partial charge >= 0.3 is 7.12 Å². The van der Waals surface area contributed by atoms with Crippen LogP contribution >= 0.6 is 0 Å². The van der Waals surface area contributed by atoms with E-state index >= 15 is 0 Å². The molecule has 202 valence electrons. The molecule has 0 spiro atoms. The van der Waals surface area contributed by atoms with Gasteiger partial charge in [0.25, 0.3) is 5.91 Å². The lowest BCUT2D eigenvalue weighted by atomic mass is 9.79. The van der Waals surface area contributed by atoms with E-state index in [1.807, 2.05) is 6.07 Å². The highest BCUT2D eigenvalue weighted by Gasteiger charge is 2.33. The minimum Gasteiger partial charge on any atom is -0.455 e. The second kappa shape index (κ2) is 10.5. The van der Waals surface area contributed by atoms with Gasteiger partial charge in [0, 0.05) is 30.6 Å². The Kier molecular flexibility index (Phi) is 7.24. The largest absolute Gasteiger partial charge is 0.488 e. The molecule has 3 aromatic carbocycles. The maximum absolute atomic E-state index is 13.6. The molecule has 0 atom stereocenters. The third-order valence-electron chi connectivity index (χ3n) is 6.94. The van der Waals surface area contributed by atoms with Gasteiger partial charge in [-0.05, 0) is 72.1 Å². The molecular formula is C28H28BFN2O6S. The van der Waals surface area contributed by atoms with E-state index in [2.05, 4.69) is 5.32 Å². The number of hydrogen-bond acceptors (Lipinski definition) is 6. The number of amides is 1. The van der Waals surface area contributed by atoms with Crippen LogP contribution in [0.15, 0.2) is 65.1 Å². The lowest BCUT2D eigenvalue weighted by molar-refractivity contribution is 0.0964. The maximum Gasteiger partial charge on any atom is 0.488 e. The van der Waals surface area contributed by atoms with Crippen LogP contribution in [-0.4, -0.2) is 51.3 Å². The molecular weight excluding hydrogens is 522 g/mol. The van der Waals surface area contributed by atoms with Gasteiger partial charge in [-0.25, -0.2) is 12.8 Å². The SMILES string of the molecule is CNC(=O)c1c(-c2ccc(F)cc2)oc2cc(N(CCc3cccc(B(O)O)c3)S(C)(=O)=O)c(C3CC3)cc12. The zero-order valence-electron chi connectivity index (χ0n) is 21.5. The number of rotatable bonds is 9. The summed E-state index contributed by atoms with van der Waals surface area (Å²) in [5.41, 5.74) is 3.53. The molecule has 1 aromatic heterocycles. The number of fused-ring (bicyclic) bond motifs is 1. The van der Waals surface area contributed by atoms with Gasteiger partial charge in [0.05, 0.1) is 17.5 Å². The minimum absolute atomic E-state index is 0.114. The van der Waals surface area contributed by atoms with Crippen LogP contribution in [0.2, 0.25) is 0 Å². The molecule has 0 bridgehead atoms. The minimum atomic E-state index is -3.72. The quantitative estimate of drug-likeness (QED) is 0.276. The Morgan fingerprint density at radius 3 is 2.46 bits per heavy atom. The monoisotopic (exact) mass is 550 g/mol. The van der Waals surface area contributed by atoms with Crippen LogP contribution in [0.25, 0.3) is 22.3 Å². The summed E-state index contributed by atoms with van der Waals surface area (Å²) in [6.45, 7) is 0.114. The molecule has 1 aliphatic carbocycles. The number of carbonyl (C=O) groups is 1. The highest BCUT2D eigenvalue weighted by molar-refractivity contribution is 7.92. The molecule has 0 radical (unpaired) electrons. The highest BCUT2D eigenvalue weighted by atomic mass is 32.2. The highest BCUT2D eigenvalue weighted by Crippen LogP contribution is 2.48. The van der Waals surface area contributed by atoms with E-state index in [0.29, 0.717) is 39.7 Å². The van der Waals surface area contributed by atoms with E-state index in [9.17, 15) is 27.7 Å². The van der Waals surface area contributed by atoms with Crippen molar-refractivity contribution in [3.63, 3.8) is 0 Å². The smallest absolute Gasteiger partial charge is 0.455 e. The zero-order valence-corrected chi connectivity index (χ0v) is 22.3. The average molecular weight is 550 g/mol. The normalized spacial score (nSPS) is 13.5. The predicted molar refractivity (Wildman–Crippen MR) is 149 cm³/mol. The second-order valence-electron chi connectivity index (χ2n) is 9.78. The van der Waals surface area contributed by atoms with Gasteiger partial charge in [-0.2, -0.15) is 0 Å². The Bertz CT molecular complexity index is 1650. The number of anilines is 1. The van der Waals surface area contributed by atoms with E-state index in [0.717, 1.165) is 30.2 Å². The summed E-state index contributed by atoms with van der Waals surface area (Å²) in [7, 11) is -3.83. The second-order valence-corrected chi connectivity index (χ2v) is 11.7. The van der Waals surface area contributed by atoms with Crippen LogP contribution in [0, 0.1) is 5.82 Å². The molecule has 0 unspecified atom stereocenters. The molecule has 8 nitrogen and oxygen atoms in total. The van der Waals surface area contributed by atoms with Crippen molar-refractivity contribution in [3.05, 3.63) is 83.2 Å². The van der Waals surface area contributed by atoms with Crippen LogP contribution in [0.1, 0.15) is 40.2 Å². The standard InChI is InChI=1S/C28H28BFN2O6S/c1-31-28(33)26-23-15-22(18-6-7-18)24(16-25(23)38-27(26)19-8-10-21(30)11-9-19)32(39(2,36)37)13-12-17-4-3-5-20(14-17)29(34)35/h3-5,8-11,14-16,18,34-35H,6-7,12-13H2,1-2H3,(H,31,33). The molecule has 11 heteroatoms. The van der Waals surface area contributed by atoms with Crippen LogP contribution < -0.4 is 15.1 Å². The van der Waals surface area contributed by atoms with E-state index in [4.69, 9.17) is 4.42 Å². The third-order valence-corrected chi connectivity index (χ3v) is 8.12. The summed E-state index contributed by atoms with van der Waals surface area (Å²) in [4.78, 5) is 13.0. The number of sulfonamides is 1. The van der Waals surface area contributed by atoms with Crippen LogP contribution in [0.3, 0.4) is 0 Å². The lowest BCUT2D eigenvalue weighted by Crippen LogP contribution is -2.33.